The zero-order valence-electron chi connectivity index (χ0n) is 26.8. The number of methoxy groups -OCH3 is 1. The van der Waals surface area contributed by atoms with E-state index in [1.807, 2.05) is 6.07 Å². The zero-order chi connectivity index (χ0) is 36.2. The summed E-state index contributed by atoms with van der Waals surface area (Å²) in [5.41, 5.74) is -0.948. The molecule has 0 bridgehead atoms. The van der Waals surface area contributed by atoms with Gasteiger partial charge in [0.15, 0.2) is 11.3 Å². The maximum absolute atomic E-state index is 13.8. The van der Waals surface area contributed by atoms with Crippen LogP contribution in [0.1, 0.15) is 63.7 Å². The minimum Gasteiger partial charge on any atom is -0.496 e. The number of nitrogens with zero attached hydrogens (tertiary/aromatic N) is 3. The lowest BCUT2D eigenvalue weighted by atomic mass is 9.70. The first-order valence-electron chi connectivity index (χ1n) is 15.3. The molecule has 262 valence electrons. The number of hydrogen-bond acceptors (Lipinski definition) is 7. The molecule has 1 atom stereocenters. The van der Waals surface area contributed by atoms with E-state index in [1.165, 1.54) is 29.8 Å². The number of aryl methyl sites for hydroxylation is 1. The molecule has 1 aromatic heterocycles. The van der Waals surface area contributed by atoms with E-state index in [2.05, 4.69) is 4.98 Å². The lowest BCUT2D eigenvalue weighted by Gasteiger charge is -2.46. The predicted octanol–water partition coefficient (Wildman–Crippen LogP) is 9.20. The second kappa shape index (κ2) is 12.8. The average Bonchev–Trinajstić information content (AvgIpc) is 3.35. The van der Waals surface area contributed by atoms with E-state index in [0.717, 1.165) is 11.1 Å². The summed E-state index contributed by atoms with van der Waals surface area (Å²) in [5.74, 6) is -0.634. The standard InChI is InChI=1S/C35H29F6N3O5S/c1-18-11-20(30(45)46)5-7-24(18)19-6-8-28(48-2)25(14-19)26-16-42-31(50-3)43-27(26)17-44-32(47)49-29(33(44)9-4-10-33)21-12-22(34(36,37)38)15-23(13-21)35(39,40)41/h5-8,11-16,29H,4,9-10,17H2,1-3H3,(H,45,46)/t29-/m1/s1. The highest BCUT2D eigenvalue weighted by Crippen LogP contribution is 2.55. The molecule has 1 saturated carbocycles. The fourth-order valence-electron chi connectivity index (χ4n) is 6.60. The Labute approximate surface area is 286 Å². The summed E-state index contributed by atoms with van der Waals surface area (Å²) in [6.07, 6.45) is -8.00. The topological polar surface area (TPSA) is 102 Å². The molecule has 1 N–H and O–H groups in total. The Kier molecular flexibility index (Phi) is 8.99. The number of carbonyl (C=O) groups excluding carboxylic acids is 1. The monoisotopic (exact) mass is 717 g/mol. The highest BCUT2D eigenvalue weighted by molar-refractivity contribution is 7.98. The number of rotatable bonds is 8. The third-order valence-electron chi connectivity index (χ3n) is 9.21. The molecule has 2 aliphatic rings. The summed E-state index contributed by atoms with van der Waals surface area (Å²) >= 11 is 1.24. The van der Waals surface area contributed by atoms with Crippen molar-refractivity contribution in [1.82, 2.24) is 14.9 Å². The SMILES string of the molecule is COc1ccc(-c2ccc(C(=O)O)cc2C)cc1-c1cnc(SC)nc1CN1C(=O)O[C@H](c2cc(C(F)(F)F)cc(C(F)(F)F)c2)C12CCC2. The van der Waals surface area contributed by atoms with Gasteiger partial charge in [-0.05, 0) is 97.2 Å². The third kappa shape index (κ3) is 6.34. The lowest BCUT2D eigenvalue weighted by molar-refractivity contribution is -0.143. The normalized spacial score (nSPS) is 17.1. The number of thioether (sulfide) groups is 1. The number of cyclic esters (lactones) is 1. The molecule has 4 aromatic rings. The van der Waals surface area contributed by atoms with Gasteiger partial charge in [-0.15, -0.1) is 0 Å². The van der Waals surface area contributed by atoms with E-state index in [4.69, 9.17) is 14.5 Å². The summed E-state index contributed by atoms with van der Waals surface area (Å²) in [4.78, 5) is 35.5. The summed E-state index contributed by atoms with van der Waals surface area (Å²) in [6.45, 7) is 1.59. The Morgan fingerprint density at radius 1 is 1.00 bits per heavy atom. The zero-order valence-corrected chi connectivity index (χ0v) is 27.6. The molecule has 3 aromatic carbocycles. The van der Waals surface area contributed by atoms with E-state index in [0.29, 0.717) is 51.8 Å². The van der Waals surface area contributed by atoms with Crippen molar-refractivity contribution >= 4 is 23.8 Å². The minimum atomic E-state index is -5.07. The molecule has 1 aliphatic carbocycles. The molecular formula is C35H29F6N3O5S. The molecule has 2 heterocycles. The van der Waals surface area contributed by atoms with Crippen molar-refractivity contribution < 1.29 is 50.5 Å². The fraction of sp³-hybridized carbons (Fsp3) is 0.314. The van der Waals surface area contributed by atoms with E-state index < -0.39 is 52.7 Å². The van der Waals surface area contributed by atoms with Gasteiger partial charge in [0.1, 0.15) is 5.75 Å². The summed E-state index contributed by atoms with van der Waals surface area (Å²) in [7, 11) is 1.47. The summed E-state index contributed by atoms with van der Waals surface area (Å²) in [6, 6.07) is 11.3. The second-order valence-electron chi connectivity index (χ2n) is 12.1. The maximum atomic E-state index is 13.8. The number of hydrogen-bond donors (Lipinski definition) is 1. The van der Waals surface area contributed by atoms with Gasteiger partial charge < -0.3 is 14.6 Å². The predicted molar refractivity (Wildman–Crippen MR) is 171 cm³/mol. The fourth-order valence-corrected chi connectivity index (χ4v) is 6.96. The molecule has 0 radical (unpaired) electrons. The van der Waals surface area contributed by atoms with E-state index in [-0.39, 0.29) is 31.0 Å². The van der Waals surface area contributed by atoms with Crippen LogP contribution in [0.2, 0.25) is 0 Å². The van der Waals surface area contributed by atoms with Crippen molar-refractivity contribution in [3.8, 4) is 28.0 Å². The van der Waals surface area contributed by atoms with Crippen molar-refractivity contribution in [2.75, 3.05) is 13.4 Å². The number of amides is 1. The van der Waals surface area contributed by atoms with Gasteiger partial charge in [0.2, 0.25) is 0 Å². The average molecular weight is 718 g/mol. The number of carboxylic acids is 1. The van der Waals surface area contributed by atoms with Crippen LogP contribution in [0.15, 0.2) is 66.0 Å². The van der Waals surface area contributed by atoms with Crippen molar-refractivity contribution in [1.29, 1.82) is 0 Å². The molecular weight excluding hydrogens is 688 g/mol. The number of benzene rings is 3. The lowest BCUT2D eigenvalue weighted by Crippen LogP contribution is -2.53. The van der Waals surface area contributed by atoms with Crippen molar-refractivity contribution in [3.63, 3.8) is 0 Å². The number of carbonyl (C=O) groups is 2. The Balaban J connectivity index is 1.43. The van der Waals surface area contributed by atoms with Gasteiger partial charge in [0, 0.05) is 17.3 Å². The number of carboxylic acid groups (broad SMARTS) is 1. The van der Waals surface area contributed by atoms with Gasteiger partial charge in [-0.2, -0.15) is 26.3 Å². The molecule has 2 fully saturated rings. The van der Waals surface area contributed by atoms with Gasteiger partial charge in [0.25, 0.3) is 0 Å². The molecule has 8 nitrogen and oxygen atoms in total. The first kappa shape index (κ1) is 35.1. The Morgan fingerprint density at radius 3 is 2.22 bits per heavy atom. The smallest absolute Gasteiger partial charge is 0.416 e. The van der Waals surface area contributed by atoms with Gasteiger partial charge in [-0.25, -0.2) is 19.6 Å². The first-order valence-corrected chi connectivity index (χ1v) is 16.5. The summed E-state index contributed by atoms with van der Waals surface area (Å²) in [5, 5.41) is 9.77. The first-order chi connectivity index (χ1) is 23.6. The van der Waals surface area contributed by atoms with Gasteiger partial charge >= 0.3 is 24.4 Å². The number of aromatic carboxylic acids is 1. The van der Waals surface area contributed by atoms with Crippen LogP contribution in [0.25, 0.3) is 22.3 Å². The highest BCUT2D eigenvalue weighted by Gasteiger charge is 2.59. The van der Waals surface area contributed by atoms with Crippen LogP contribution < -0.4 is 4.74 Å². The Hall–Kier alpha value is -4.79. The van der Waals surface area contributed by atoms with Gasteiger partial charge in [-0.1, -0.05) is 23.9 Å². The van der Waals surface area contributed by atoms with Crippen LogP contribution in [-0.4, -0.2) is 50.9 Å². The largest absolute Gasteiger partial charge is 0.496 e. The van der Waals surface area contributed by atoms with Crippen molar-refractivity contribution in [2.24, 2.45) is 0 Å². The quantitative estimate of drug-likeness (QED) is 0.109. The molecule has 50 heavy (non-hydrogen) atoms. The molecule has 0 unspecified atom stereocenters. The maximum Gasteiger partial charge on any atom is 0.416 e. The minimum absolute atomic E-state index is 0.0477. The van der Waals surface area contributed by atoms with E-state index in [1.54, 1.807) is 43.6 Å². The van der Waals surface area contributed by atoms with Gasteiger partial charge in [0.05, 0.1) is 41.6 Å². The van der Waals surface area contributed by atoms with Crippen LogP contribution in [-0.2, 0) is 23.6 Å². The van der Waals surface area contributed by atoms with Crippen LogP contribution in [0.5, 0.6) is 5.75 Å². The van der Waals surface area contributed by atoms with Crippen LogP contribution in [0.4, 0.5) is 31.1 Å². The molecule has 1 aliphatic heterocycles. The third-order valence-corrected chi connectivity index (χ3v) is 9.77. The van der Waals surface area contributed by atoms with Crippen LogP contribution in [0, 0.1) is 6.92 Å². The van der Waals surface area contributed by atoms with E-state index in [9.17, 15) is 41.0 Å². The molecule has 1 amide bonds. The summed E-state index contributed by atoms with van der Waals surface area (Å²) < 4.78 is 93.9. The van der Waals surface area contributed by atoms with Crippen LogP contribution >= 0.6 is 11.8 Å². The Bertz CT molecular complexity index is 1960. The van der Waals surface area contributed by atoms with Crippen molar-refractivity contribution in [3.05, 3.63) is 94.3 Å². The van der Waals surface area contributed by atoms with Gasteiger partial charge in [-0.3, -0.25) is 4.90 Å². The molecule has 6 rings (SSSR count). The molecule has 15 heteroatoms. The Morgan fingerprint density at radius 2 is 1.68 bits per heavy atom. The van der Waals surface area contributed by atoms with E-state index >= 15 is 0 Å². The number of halogens is 6. The molecule has 1 spiro atoms. The molecule has 1 saturated heterocycles. The number of ether oxygens (including phenoxy) is 2. The second-order valence-corrected chi connectivity index (χ2v) is 12.9. The highest BCUT2D eigenvalue weighted by atomic mass is 32.2. The van der Waals surface area contributed by atoms with Crippen molar-refractivity contribution in [2.45, 2.75) is 61.9 Å². The number of aromatic nitrogens is 2. The number of alkyl halides is 6. The van der Waals surface area contributed by atoms with Crippen LogP contribution in [0.3, 0.4) is 0 Å².